The third-order valence-corrected chi connectivity index (χ3v) is 9.73. The van der Waals surface area contributed by atoms with Crippen LogP contribution in [0, 0.1) is 0 Å². The van der Waals surface area contributed by atoms with Crippen LogP contribution in [-0.4, -0.2) is 70.0 Å². The van der Waals surface area contributed by atoms with E-state index in [0.29, 0.717) is 17.3 Å². The Morgan fingerprint density at radius 1 is 0.559 bits per heavy atom. The number of carbonyl (C=O) groups excluding carboxylic acids is 3. The average Bonchev–Trinajstić information content (AvgIpc) is 4.07. The Morgan fingerprint density at radius 2 is 0.847 bits per heavy atom. The number of para-hydroxylation sites is 3. The maximum absolute atomic E-state index is 10.4. The molecule has 0 aliphatic carbocycles. The molecule has 3 heterocycles. The summed E-state index contributed by atoms with van der Waals surface area (Å²) in [7, 11) is -1.38. The maximum Gasteiger partial charge on any atom is 0.0449 e. The molecule has 4 N–H and O–H groups in total. The normalized spacial score (nSPS) is 10.1. The largest absolute Gasteiger partial charge is 0.324 e. The van der Waals surface area contributed by atoms with Crippen LogP contribution in [-0.2, 0) is 25.2 Å². The van der Waals surface area contributed by atoms with Crippen molar-refractivity contribution in [2.45, 2.75) is 27.7 Å². The third-order valence-electron chi connectivity index (χ3n) is 6.56. The van der Waals surface area contributed by atoms with Gasteiger partial charge < -0.3 is 25.2 Å². The monoisotopic (exact) mass is 1310 g/mol. The molecule has 1 atom stereocenters. The second-order valence-corrected chi connectivity index (χ2v) is 64.3. The van der Waals surface area contributed by atoms with E-state index in [1.54, 1.807) is 37.4 Å². The number of halogens is 4. The van der Waals surface area contributed by atoms with Crippen LogP contribution in [0.4, 0.5) is 0 Å². The molecule has 0 bridgehead atoms. The molecule has 9 nitrogen and oxygen atoms in total. The number of benzene rings is 3. The van der Waals surface area contributed by atoms with Crippen LogP contribution in [0.1, 0.15) is 30.5 Å². The van der Waals surface area contributed by atoms with Gasteiger partial charge in [-0.2, -0.15) is 23.5 Å². The van der Waals surface area contributed by atoms with Crippen molar-refractivity contribution in [3.63, 3.8) is 0 Å². The molecular weight excluding hydrogens is 1250 g/mol. The molecular formula is C43H59I4N5O4S3. The smallest absolute Gasteiger partial charge is 0.0449 e. The first-order valence-electron chi connectivity index (χ1n) is 18.2. The van der Waals surface area contributed by atoms with Crippen molar-refractivity contribution in [1.29, 1.82) is 0 Å². The Balaban J connectivity index is -0.000000654. The first kappa shape index (κ1) is 56.9. The van der Waals surface area contributed by atoms with Gasteiger partial charge in [0.25, 0.3) is 0 Å². The Hall–Kier alpha value is -2.12. The molecule has 0 saturated heterocycles. The number of hydrogen-bond donors (Lipinski definition) is 2. The zero-order valence-corrected chi connectivity index (χ0v) is 44.8. The van der Waals surface area contributed by atoms with Crippen LogP contribution in [0.2, 0.25) is 0 Å². The van der Waals surface area contributed by atoms with Crippen molar-refractivity contribution in [1.82, 2.24) is 13.7 Å². The fraction of sp³-hybridized carbons (Fsp3) is 0.233. The number of ketones is 1. The van der Waals surface area contributed by atoms with Gasteiger partial charge in [0.15, 0.2) is 0 Å². The van der Waals surface area contributed by atoms with Gasteiger partial charge >= 0.3 is 63.7 Å². The minimum Gasteiger partial charge on any atom is -0.324 e. The fourth-order valence-corrected chi connectivity index (χ4v) is 5.45. The van der Waals surface area contributed by atoms with E-state index in [2.05, 4.69) is 106 Å². The molecule has 0 fully saturated rings. The molecule has 0 aliphatic rings. The summed E-state index contributed by atoms with van der Waals surface area (Å²) in [6, 6.07) is 42.9. The minimum atomic E-state index is -1.03. The van der Waals surface area contributed by atoms with E-state index >= 15 is 0 Å². The summed E-state index contributed by atoms with van der Waals surface area (Å²) in [5, 5.41) is 0. The fourth-order valence-electron chi connectivity index (χ4n) is 4.03. The topological polar surface area (TPSA) is 135 Å². The van der Waals surface area contributed by atoms with Gasteiger partial charge in [0, 0.05) is 73.6 Å². The zero-order chi connectivity index (χ0) is 44.1. The van der Waals surface area contributed by atoms with Crippen molar-refractivity contribution in [3.8, 4) is 17.1 Å². The molecule has 1 unspecified atom stereocenters. The molecule has 3 aromatic heterocycles. The third kappa shape index (κ3) is 34.2. The molecule has 59 heavy (non-hydrogen) atoms. The van der Waals surface area contributed by atoms with Gasteiger partial charge in [0.05, 0.1) is 11.5 Å². The second kappa shape index (κ2) is 38.8. The van der Waals surface area contributed by atoms with Crippen molar-refractivity contribution >= 4 is 116 Å². The maximum atomic E-state index is 10.4. The van der Waals surface area contributed by atoms with Gasteiger partial charge in [-0.3, -0.25) is 18.6 Å². The van der Waals surface area contributed by atoms with Crippen molar-refractivity contribution in [3.05, 3.63) is 165 Å². The Kier molecular flexibility index (Phi) is 37.4. The minimum absolute atomic E-state index is 0. The summed E-state index contributed by atoms with van der Waals surface area (Å²) in [4.78, 5) is 30.1. The number of nitrogens with two attached hydrogens (primary N) is 2. The van der Waals surface area contributed by atoms with E-state index in [9.17, 15) is 18.6 Å². The van der Waals surface area contributed by atoms with Gasteiger partial charge in [-0.15, -0.1) is 0 Å². The predicted molar refractivity (Wildman–Crippen MR) is 296 cm³/mol. The molecule has 0 aliphatic heterocycles. The number of thioether (sulfide) groups is 2. The van der Waals surface area contributed by atoms with Crippen LogP contribution in [0.25, 0.3) is 17.1 Å². The second-order valence-electron chi connectivity index (χ2n) is 11.2. The molecule has 2 amide bonds. The SMILES string of the molecule is CCS(=O)CC(N)=O.CCSCC(C)=O.CCSCC(N)=O.II(I)I.[HH].[HH].c1ccc(-n2cccc2)cc1.c1ccc(-n2cccc2)cc1.c1ccc(-n2cccc2)cc1. The van der Waals surface area contributed by atoms with E-state index in [0.717, 1.165) is 11.5 Å². The number of rotatable bonds is 12. The summed E-state index contributed by atoms with van der Waals surface area (Å²) in [5.74, 6) is 3.18. The summed E-state index contributed by atoms with van der Waals surface area (Å²) >= 11 is 10.6. The Bertz CT molecular complexity index is 1720. The molecule has 0 spiro atoms. The number of Topliss-reactive ketones (excluding diaryl/α,β-unsaturated/α-hetero) is 1. The van der Waals surface area contributed by atoms with E-state index in [1.165, 1.54) is 17.1 Å². The standard InChI is InChI=1S/3C10H9N.C5H10OS.C4H9NO2S.C4H9NOS.I4.2H2/c3*1-2-6-10(7-3-1)11-8-4-5-9-11;1-3-7-4-5(2)6;1-2-8(7)3-4(5)6;1-2-7-3-4(5)6;1-4(2)3;;/h3*1-9H;3-4H2,1-2H3;2-3H2,1H3,(H2,5,6);2-3H2,1H3,(H2,5,6);;2*1H. The summed E-state index contributed by atoms with van der Waals surface area (Å²) in [6.45, 7) is 7.41. The van der Waals surface area contributed by atoms with Gasteiger partial charge in [0.2, 0.25) is 11.8 Å². The molecule has 0 radical (unpaired) electrons. The van der Waals surface area contributed by atoms with Gasteiger partial charge in [-0.1, -0.05) is 75.4 Å². The zero-order valence-electron chi connectivity index (χ0n) is 33.7. The number of aromatic nitrogens is 3. The Morgan fingerprint density at radius 3 is 1.02 bits per heavy atom. The van der Waals surface area contributed by atoms with E-state index in [1.807, 2.05) is 142 Å². The summed E-state index contributed by atoms with van der Waals surface area (Å²) < 4.78 is 16.7. The van der Waals surface area contributed by atoms with E-state index in [4.69, 9.17) is 11.5 Å². The number of amides is 2. The molecule has 6 aromatic rings. The quantitative estimate of drug-likeness (QED) is 0.117. The number of primary amides is 2. The predicted octanol–water partition coefficient (Wildman–Crippen LogP) is 12.3. The molecule has 16 heteroatoms. The molecule has 3 aromatic carbocycles. The Labute approximate surface area is 401 Å². The van der Waals surface area contributed by atoms with Gasteiger partial charge in [0.1, 0.15) is 11.5 Å². The average molecular weight is 1310 g/mol. The number of nitrogens with zero attached hydrogens (tertiary/aromatic N) is 3. The first-order chi connectivity index (χ1) is 28.3. The van der Waals surface area contributed by atoms with Crippen molar-refractivity contribution < 1.29 is 21.4 Å². The van der Waals surface area contributed by atoms with Gasteiger partial charge in [-0.05, 0) is 91.2 Å². The van der Waals surface area contributed by atoms with Crippen LogP contribution in [0.15, 0.2) is 165 Å². The van der Waals surface area contributed by atoms with Crippen LogP contribution < -0.4 is 11.5 Å². The molecule has 326 valence electrons. The first-order valence-corrected chi connectivity index (χ1v) is 40.8. The number of carbonyl (C=O) groups is 3. The van der Waals surface area contributed by atoms with Crippen molar-refractivity contribution in [2.24, 2.45) is 11.5 Å². The van der Waals surface area contributed by atoms with E-state index in [-0.39, 0.29) is 28.2 Å². The molecule has 6 rings (SSSR count). The van der Waals surface area contributed by atoms with Gasteiger partial charge in [-0.25, -0.2) is 0 Å². The summed E-state index contributed by atoms with van der Waals surface area (Å²) in [5.41, 5.74) is 13.2. The van der Waals surface area contributed by atoms with E-state index < -0.39 is 16.7 Å². The van der Waals surface area contributed by atoms with Crippen molar-refractivity contribution in [2.75, 3.05) is 34.5 Å². The summed E-state index contributed by atoms with van der Waals surface area (Å²) in [6.07, 6.45) is 12.2. The number of hydrogen-bond acceptors (Lipinski definition) is 6. The molecule has 0 saturated carbocycles. The van der Waals surface area contributed by atoms with Crippen LogP contribution >= 0.6 is 87.3 Å². The van der Waals surface area contributed by atoms with Crippen LogP contribution in [0.3, 0.4) is 0 Å². The van der Waals surface area contributed by atoms with Crippen LogP contribution in [0.5, 0.6) is 0 Å².